The van der Waals surface area contributed by atoms with Crippen LogP contribution in [-0.2, 0) is 6.42 Å². The highest BCUT2D eigenvalue weighted by Gasteiger charge is 2.15. The fourth-order valence-corrected chi connectivity index (χ4v) is 2.32. The Morgan fingerprint density at radius 1 is 1.47 bits per heavy atom. The molecule has 19 heavy (non-hydrogen) atoms. The molecule has 102 valence electrons. The lowest BCUT2D eigenvalue weighted by molar-refractivity contribution is 0.194. The lowest BCUT2D eigenvalue weighted by Crippen LogP contribution is -2.16. The number of hydrogen-bond donors (Lipinski definition) is 1. The van der Waals surface area contributed by atoms with Crippen LogP contribution in [0.4, 0.5) is 0 Å². The maximum atomic E-state index is 11.9. The second kappa shape index (κ2) is 5.23. The van der Waals surface area contributed by atoms with Gasteiger partial charge in [0.2, 0.25) is 0 Å². The van der Waals surface area contributed by atoms with Crippen molar-refractivity contribution >= 4 is 22.6 Å². The third-order valence-electron chi connectivity index (χ3n) is 3.06. The Bertz CT molecular complexity index is 673. The van der Waals surface area contributed by atoms with Crippen LogP contribution in [0.15, 0.2) is 21.3 Å². The summed E-state index contributed by atoms with van der Waals surface area (Å²) in [7, 11) is 1.50. The average molecular weight is 283 g/mol. The molecule has 1 unspecified atom stereocenters. The number of methoxy groups -OCH3 is 1. The number of benzene rings is 1. The standard InChI is InChI=1S/C14H15ClO4/c1-7(16)4-10-8(2)9-5-11(15)13(18-3)6-12(9)19-14(10)17/h5-7,16H,4H2,1-3H3. The third-order valence-corrected chi connectivity index (χ3v) is 3.35. The van der Waals surface area contributed by atoms with Gasteiger partial charge in [-0.25, -0.2) is 4.79 Å². The summed E-state index contributed by atoms with van der Waals surface area (Å²) in [6, 6.07) is 3.30. The predicted octanol–water partition coefficient (Wildman–Crippen LogP) is 2.69. The maximum absolute atomic E-state index is 11.9. The van der Waals surface area contributed by atoms with Gasteiger partial charge in [0.1, 0.15) is 11.3 Å². The molecule has 1 atom stereocenters. The van der Waals surface area contributed by atoms with Gasteiger partial charge in [-0.1, -0.05) is 11.6 Å². The lowest BCUT2D eigenvalue weighted by atomic mass is 10.0. The number of aliphatic hydroxyl groups excluding tert-OH is 1. The number of aryl methyl sites for hydroxylation is 1. The lowest BCUT2D eigenvalue weighted by Gasteiger charge is -2.11. The Morgan fingerprint density at radius 2 is 2.16 bits per heavy atom. The van der Waals surface area contributed by atoms with E-state index in [1.165, 1.54) is 7.11 Å². The van der Waals surface area contributed by atoms with Crippen LogP contribution in [0.25, 0.3) is 11.0 Å². The van der Waals surface area contributed by atoms with Crippen LogP contribution < -0.4 is 10.4 Å². The molecule has 0 amide bonds. The van der Waals surface area contributed by atoms with E-state index in [0.29, 0.717) is 21.9 Å². The molecule has 1 heterocycles. The first-order valence-electron chi connectivity index (χ1n) is 5.92. The van der Waals surface area contributed by atoms with E-state index in [-0.39, 0.29) is 6.42 Å². The molecule has 0 fully saturated rings. The molecule has 0 saturated heterocycles. The van der Waals surface area contributed by atoms with Crippen molar-refractivity contribution in [1.82, 2.24) is 0 Å². The number of aliphatic hydroxyl groups is 1. The van der Waals surface area contributed by atoms with Gasteiger partial charge in [-0.3, -0.25) is 0 Å². The summed E-state index contributed by atoms with van der Waals surface area (Å²) in [5.74, 6) is 0.458. The summed E-state index contributed by atoms with van der Waals surface area (Å²) in [5.41, 5.74) is 1.24. The van der Waals surface area contributed by atoms with Crippen molar-refractivity contribution in [3.8, 4) is 5.75 Å². The van der Waals surface area contributed by atoms with Gasteiger partial charge in [-0.05, 0) is 25.5 Å². The second-order valence-electron chi connectivity index (χ2n) is 4.53. The second-order valence-corrected chi connectivity index (χ2v) is 4.94. The van der Waals surface area contributed by atoms with E-state index in [0.717, 1.165) is 10.9 Å². The highest BCUT2D eigenvalue weighted by Crippen LogP contribution is 2.31. The molecule has 0 aliphatic carbocycles. The first-order valence-corrected chi connectivity index (χ1v) is 6.29. The molecule has 1 N–H and O–H groups in total. The van der Waals surface area contributed by atoms with Gasteiger partial charge < -0.3 is 14.3 Å². The Labute approximate surface area is 115 Å². The summed E-state index contributed by atoms with van der Waals surface area (Å²) in [5, 5.41) is 10.6. The van der Waals surface area contributed by atoms with Crippen molar-refractivity contribution in [3.63, 3.8) is 0 Å². The molecule has 5 heteroatoms. The minimum Gasteiger partial charge on any atom is -0.495 e. The van der Waals surface area contributed by atoms with Crippen LogP contribution in [0.1, 0.15) is 18.1 Å². The zero-order valence-corrected chi connectivity index (χ0v) is 11.7. The first-order chi connectivity index (χ1) is 8.93. The van der Waals surface area contributed by atoms with Gasteiger partial charge in [0, 0.05) is 23.4 Å². The van der Waals surface area contributed by atoms with Crippen LogP contribution in [0.5, 0.6) is 5.75 Å². The monoisotopic (exact) mass is 282 g/mol. The Morgan fingerprint density at radius 3 is 2.74 bits per heavy atom. The van der Waals surface area contributed by atoms with E-state index in [2.05, 4.69) is 0 Å². The van der Waals surface area contributed by atoms with Crippen molar-refractivity contribution in [3.05, 3.63) is 38.7 Å². The molecule has 2 rings (SSSR count). The van der Waals surface area contributed by atoms with Crippen molar-refractivity contribution in [1.29, 1.82) is 0 Å². The number of fused-ring (bicyclic) bond motifs is 1. The molecular formula is C14H15ClO4. The molecule has 0 bridgehead atoms. The van der Waals surface area contributed by atoms with Crippen molar-refractivity contribution in [2.45, 2.75) is 26.4 Å². The molecule has 0 aliphatic rings. The largest absolute Gasteiger partial charge is 0.495 e. The SMILES string of the molecule is COc1cc2oc(=O)c(CC(C)O)c(C)c2cc1Cl. The van der Waals surface area contributed by atoms with E-state index in [9.17, 15) is 9.90 Å². The first kappa shape index (κ1) is 13.9. The average Bonchev–Trinajstić information content (AvgIpc) is 2.35. The van der Waals surface area contributed by atoms with E-state index in [4.69, 9.17) is 20.8 Å². The van der Waals surface area contributed by atoms with Crippen LogP contribution >= 0.6 is 11.6 Å². The minimum atomic E-state index is -0.604. The third kappa shape index (κ3) is 2.60. The maximum Gasteiger partial charge on any atom is 0.339 e. The van der Waals surface area contributed by atoms with E-state index in [1.807, 2.05) is 6.92 Å². The van der Waals surface area contributed by atoms with E-state index < -0.39 is 11.7 Å². The van der Waals surface area contributed by atoms with E-state index in [1.54, 1.807) is 19.1 Å². The fourth-order valence-electron chi connectivity index (χ4n) is 2.08. The molecule has 0 radical (unpaired) electrons. The Balaban J connectivity index is 2.74. The molecule has 1 aromatic heterocycles. The van der Waals surface area contributed by atoms with Gasteiger partial charge in [0.05, 0.1) is 18.2 Å². The molecule has 2 aromatic rings. The highest BCUT2D eigenvalue weighted by molar-refractivity contribution is 6.32. The molecular weight excluding hydrogens is 268 g/mol. The van der Waals surface area contributed by atoms with Gasteiger partial charge in [-0.2, -0.15) is 0 Å². The quantitative estimate of drug-likeness (QED) is 0.879. The summed E-state index contributed by atoms with van der Waals surface area (Å²) in [6.07, 6.45) is -0.346. The van der Waals surface area contributed by atoms with E-state index >= 15 is 0 Å². The van der Waals surface area contributed by atoms with Gasteiger partial charge in [0.15, 0.2) is 0 Å². The van der Waals surface area contributed by atoms with Crippen LogP contribution in [0.3, 0.4) is 0 Å². The van der Waals surface area contributed by atoms with Crippen molar-refractivity contribution < 1.29 is 14.3 Å². The molecule has 4 nitrogen and oxygen atoms in total. The smallest absolute Gasteiger partial charge is 0.339 e. The number of rotatable bonds is 3. The summed E-state index contributed by atoms with van der Waals surface area (Å²) >= 11 is 6.08. The van der Waals surface area contributed by atoms with Gasteiger partial charge >= 0.3 is 5.63 Å². The van der Waals surface area contributed by atoms with Crippen LogP contribution in [-0.4, -0.2) is 18.3 Å². The summed E-state index contributed by atoms with van der Waals surface area (Å²) < 4.78 is 10.4. The van der Waals surface area contributed by atoms with Crippen LogP contribution in [0, 0.1) is 6.92 Å². The molecule has 0 aliphatic heterocycles. The zero-order valence-electron chi connectivity index (χ0n) is 11.0. The van der Waals surface area contributed by atoms with Crippen LogP contribution in [0.2, 0.25) is 5.02 Å². The Kier molecular flexibility index (Phi) is 3.83. The summed E-state index contributed by atoms with van der Waals surface area (Å²) in [6.45, 7) is 3.45. The number of hydrogen-bond acceptors (Lipinski definition) is 4. The highest BCUT2D eigenvalue weighted by atomic mass is 35.5. The van der Waals surface area contributed by atoms with Gasteiger partial charge in [0.25, 0.3) is 0 Å². The summed E-state index contributed by atoms with van der Waals surface area (Å²) in [4.78, 5) is 11.9. The number of ether oxygens (including phenoxy) is 1. The Hall–Kier alpha value is -1.52. The topological polar surface area (TPSA) is 59.7 Å². The molecule has 0 saturated carbocycles. The normalized spacial score (nSPS) is 12.7. The molecule has 1 aromatic carbocycles. The fraction of sp³-hybridized carbons (Fsp3) is 0.357. The predicted molar refractivity (Wildman–Crippen MR) is 74.2 cm³/mol. The number of halogens is 1. The van der Waals surface area contributed by atoms with Crippen molar-refractivity contribution in [2.24, 2.45) is 0 Å². The van der Waals surface area contributed by atoms with Crippen molar-refractivity contribution in [2.75, 3.05) is 7.11 Å². The van der Waals surface area contributed by atoms with Gasteiger partial charge in [-0.15, -0.1) is 0 Å². The minimum absolute atomic E-state index is 0.258. The molecule has 0 spiro atoms. The zero-order chi connectivity index (χ0) is 14.2.